The number of nitrogens with two attached hydrogens (primary N) is 1. The van der Waals surface area contributed by atoms with Crippen LogP contribution in [0.4, 0.5) is 5.69 Å². The lowest BCUT2D eigenvalue weighted by atomic mass is 10.1. The molecule has 0 aliphatic heterocycles. The van der Waals surface area contributed by atoms with Gasteiger partial charge in [-0.1, -0.05) is 24.4 Å². The normalized spacial score (nSPS) is 10.5. The highest BCUT2D eigenvalue weighted by Gasteiger charge is 2.13. The molecule has 100 valence electrons. The maximum Gasteiger partial charge on any atom is 0.106 e. The van der Waals surface area contributed by atoms with E-state index in [1.807, 2.05) is 38.6 Å². The van der Waals surface area contributed by atoms with Gasteiger partial charge in [0.05, 0.1) is 6.20 Å². The third kappa shape index (κ3) is 2.93. The molecule has 1 aromatic heterocycles. The highest BCUT2D eigenvalue weighted by atomic mass is 32.1. The summed E-state index contributed by atoms with van der Waals surface area (Å²) < 4.78 is 1.80. The molecule has 0 saturated carbocycles. The molecule has 4 nitrogen and oxygen atoms in total. The standard InChI is InChI=1S/C14H18N4S/c1-10-5-4-6-12(14(15)19)13(10)17(2)8-11-7-16-18(3)9-11/h4-7,9H,8H2,1-3H3,(H2,15,19). The Hall–Kier alpha value is -1.88. The zero-order chi connectivity index (χ0) is 14.0. The number of aromatic nitrogens is 2. The van der Waals surface area contributed by atoms with Crippen LogP contribution in [0.2, 0.25) is 0 Å². The molecule has 0 saturated heterocycles. The summed E-state index contributed by atoms with van der Waals surface area (Å²) in [5.74, 6) is 0. The van der Waals surface area contributed by atoms with Crippen LogP contribution in [0.3, 0.4) is 0 Å². The second kappa shape index (κ2) is 5.40. The van der Waals surface area contributed by atoms with Crippen molar-refractivity contribution >= 4 is 22.9 Å². The Balaban J connectivity index is 2.32. The number of hydrogen-bond donors (Lipinski definition) is 1. The largest absolute Gasteiger partial charge is 0.389 e. The van der Waals surface area contributed by atoms with Gasteiger partial charge in [-0.3, -0.25) is 4.68 Å². The molecule has 0 unspecified atom stereocenters. The van der Waals surface area contributed by atoms with Crippen LogP contribution in [0.1, 0.15) is 16.7 Å². The van der Waals surface area contributed by atoms with Gasteiger partial charge < -0.3 is 10.6 Å². The van der Waals surface area contributed by atoms with E-state index < -0.39 is 0 Å². The van der Waals surface area contributed by atoms with Gasteiger partial charge in [0.1, 0.15) is 4.99 Å². The van der Waals surface area contributed by atoms with Gasteiger partial charge in [0, 0.05) is 43.7 Å². The first-order valence-corrected chi connectivity index (χ1v) is 6.48. The minimum Gasteiger partial charge on any atom is -0.389 e. The molecule has 0 spiro atoms. The Bertz CT molecular complexity index is 603. The van der Waals surface area contributed by atoms with Crippen LogP contribution in [0.5, 0.6) is 0 Å². The summed E-state index contributed by atoms with van der Waals surface area (Å²) >= 11 is 5.13. The first-order chi connectivity index (χ1) is 8.99. The van der Waals surface area contributed by atoms with Gasteiger partial charge >= 0.3 is 0 Å². The third-order valence-electron chi connectivity index (χ3n) is 3.06. The van der Waals surface area contributed by atoms with Crippen LogP contribution in [-0.4, -0.2) is 21.8 Å². The summed E-state index contributed by atoms with van der Waals surface area (Å²) in [7, 11) is 3.95. The van der Waals surface area contributed by atoms with Crippen molar-refractivity contribution in [3.05, 3.63) is 47.3 Å². The van der Waals surface area contributed by atoms with Crippen molar-refractivity contribution in [3.8, 4) is 0 Å². The van der Waals surface area contributed by atoms with Gasteiger partial charge in [-0.2, -0.15) is 5.10 Å². The van der Waals surface area contributed by atoms with Gasteiger partial charge in [0.15, 0.2) is 0 Å². The topological polar surface area (TPSA) is 47.1 Å². The fraction of sp³-hybridized carbons (Fsp3) is 0.286. The lowest BCUT2D eigenvalue weighted by Gasteiger charge is -2.23. The molecule has 19 heavy (non-hydrogen) atoms. The molecule has 2 rings (SSSR count). The number of rotatable bonds is 4. The highest BCUT2D eigenvalue weighted by molar-refractivity contribution is 7.80. The monoisotopic (exact) mass is 274 g/mol. The molecule has 5 heteroatoms. The summed E-state index contributed by atoms with van der Waals surface area (Å²) in [6.45, 7) is 2.84. The minimum atomic E-state index is 0.428. The van der Waals surface area contributed by atoms with Gasteiger partial charge in [-0.15, -0.1) is 0 Å². The molecular formula is C14H18N4S. The predicted octanol–water partition coefficient (Wildman–Crippen LogP) is 2.00. The van der Waals surface area contributed by atoms with Gasteiger partial charge in [0.2, 0.25) is 0 Å². The van der Waals surface area contributed by atoms with Crippen molar-refractivity contribution in [1.82, 2.24) is 9.78 Å². The lowest BCUT2D eigenvalue weighted by molar-refractivity contribution is 0.766. The fourth-order valence-corrected chi connectivity index (χ4v) is 2.44. The van der Waals surface area contributed by atoms with Crippen molar-refractivity contribution in [1.29, 1.82) is 0 Å². The van der Waals surface area contributed by atoms with Crippen molar-refractivity contribution in [2.45, 2.75) is 13.5 Å². The number of thiocarbonyl (C=S) groups is 1. The van der Waals surface area contributed by atoms with Crippen LogP contribution in [0.15, 0.2) is 30.6 Å². The van der Waals surface area contributed by atoms with Crippen molar-refractivity contribution < 1.29 is 0 Å². The first-order valence-electron chi connectivity index (χ1n) is 6.07. The van der Waals surface area contributed by atoms with E-state index in [9.17, 15) is 0 Å². The molecule has 0 radical (unpaired) electrons. The maximum atomic E-state index is 5.81. The Morgan fingerprint density at radius 3 is 2.79 bits per heavy atom. The average Bonchev–Trinajstić information content (AvgIpc) is 2.74. The van der Waals surface area contributed by atoms with E-state index >= 15 is 0 Å². The van der Waals surface area contributed by atoms with Crippen LogP contribution >= 0.6 is 12.2 Å². The summed E-state index contributed by atoms with van der Waals surface area (Å²) in [5, 5.41) is 4.18. The Morgan fingerprint density at radius 2 is 2.21 bits per heavy atom. The number of aryl methyl sites for hydroxylation is 2. The number of benzene rings is 1. The SMILES string of the molecule is Cc1cccc(C(N)=S)c1N(C)Cc1cnn(C)c1. The Labute approximate surface area is 118 Å². The molecule has 0 bridgehead atoms. The van der Waals surface area contributed by atoms with E-state index in [2.05, 4.69) is 23.0 Å². The van der Waals surface area contributed by atoms with E-state index in [0.29, 0.717) is 4.99 Å². The molecular weight excluding hydrogens is 256 g/mol. The Kier molecular flexibility index (Phi) is 3.85. The van der Waals surface area contributed by atoms with Crippen molar-refractivity contribution in [2.75, 3.05) is 11.9 Å². The average molecular weight is 274 g/mol. The van der Waals surface area contributed by atoms with E-state index in [4.69, 9.17) is 18.0 Å². The molecule has 0 aliphatic rings. The molecule has 0 atom stereocenters. The molecule has 2 aromatic rings. The van der Waals surface area contributed by atoms with Gasteiger partial charge in [-0.05, 0) is 18.6 Å². The molecule has 1 heterocycles. The van der Waals surface area contributed by atoms with E-state index in [0.717, 1.165) is 28.9 Å². The molecule has 1 aromatic carbocycles. The number of nitrogens with zero attached hydrogens (tertiary/aromatic N) is 3. The predicted molar refractivity (Wildman–Crippen MR) is 82.4 cm³/mol. The van der Waals surface area contributed by atoms with E-state index in [1.165, 1.54) is 0 Å². The lowest BCUT2D eigenvalue weighted by Crippen LogP contribution is -2.22. The van der Waals surface area contributed by atoms with Crippen LogP contribution < -0.4 is 10.6 Å². The smallest absolute Gasteiger partial charge is 0.106 e. The maximum absolute atomic E-state index is 5.81. The highest BCUT2D eigenvalue weighted by Crippen LogP contribution is 2.25. The number of para-hydroxylation sites is 1. The van der Waals surface area contributed by atoms with Crippen molar-refractivity contribution in [3.63, 3.8) is 0 Å². The quantitative estimate of drug-likeness (QED) is 0.866. The first kappa shape index (κ1) is 13.5. The van der Waals surface area contributed by atoms with E-state index in [1.54, 1.807) is 4.68 Å². The summed E-state index contributed by atoms with van der Waals surface area (Å²) in [6.07, 6.45) is 3.88. The second-order valence-corrected chi connectivity index (χ2v) is 5.15. The van der Waals surface area contributed by atoms with Crippen LogP contribution in [-0.2, 0) is 13.6 Å². The minimum absolute atomic E-state index is 0.428. The van der Waals surface area contributed by atoms with Gasteiger partial charge in [0.25, 0.3) is 0 Å². The molecule has 2 N–H and O–H groups in total. The van der Waals surface area contributed by atoms with E-state index in [-0.39, 0.29) is 0 Å². The summed E-state index contributed by atoms with van der Waals surface area (Å²) in [6, 6.07) is 6.01. The van der Waals surface area contributed by atoms with Gasteiger partial charge in [-0.25, -0.2) is 0 Å². The fourth-order valence-electron chi connectivity index (χ4n) is 2.27. The molecule has 0 fully saturated rings. The zero-order valence-corrected chi connectivity index (χ0v) is 12.2. The number of anilines is 1. The van der Waals surface area contributed by atoms with Crippen LogP contribution in [0.25, 0.3) is 0 Å². The molecule has 0 amide bonds. The Morgan fingerprint density at radius 1 is 1.47 bits per heavy atom. The zero-order valence-electron chi connectivity index (χ0n) is 11.4. The summed E-state index contributed by atoms with van der Waals surface area (Å²) in [5.41, 5.74) is 10.1. The second-order valence-electron chi connectivity index (χ2n) is 4.71. The van der Waals surface area contributed by atoms with Crippen LogP contribution in [0, 0.1) is 6.92 Å². The molecule has 0 aliphatic carbocycles. The summed E-state index contributed by atoms with van der Waals surface area (Å²) in [4.78, 5) is 2.58. The van der Waals surface area contributed by atoms with Crippen molar-refractivity contribution in [2.24, 2.45) is 12.8 Å². The number of hydrogen-bond acceptors (Lipinski definition) is 3. The third-order valence-corrected chi connectivity index (χ3v) is 3.28.